The number of hydrogen-bond acceptors (Lipinski definition) is 2. The number of alkyl halides is 1. The first kappa shape index (κ1) is 11.2. The zero-order valence-electron chi connectivity index (χ0n) is 8.07. The molecule has 1 aromatic carbocycles. The quantitative estimate of drug-likeness (QED) is 0.612. The molecule has 0 amide bonds. The number of hydrogen-bond donors (Lipinski definition) is 0. The lowest BCUT2D eigenvalue weighted by Crippen LogP contribution is -2.14. The molecule has 0 radical (unpaired) electrons. The number of benzene rings is 1. The zero-order valence-corrected chi connectivity index (χ0v) is 9.66. The molecule has 0 aliphatic carbocycles. The molecular formula is C11H13BrO2. The van der Waals surface area contributed by atoms with Gasteiger partial charge in [0.1, 0.15) is 6.61 Å². The molecule has 0 N–H and O–H groups in total. The molecule has 0 heterocycles. The van der Waals surface area contributed by atoms with Crippen molar-refractivity contribution in [3.63, 3.8) is 0 Å². The van der Waals surface area contributed by atoms with Crippen LogP contribution in [-0.2, 0) is 9.53 Å². The summed E-state index contributed by atoms with van der Waals surface area (Å²) in [6.07, 6.45) is 0. The van der Waals surface area contributed by atoms with E-state index >= 15 is 0 Å². The average molecular weight is 257 g/mol. The summed E-state index contributed by atoms with van der Waals surface area (Å²) in [5, 5.41) is 0.681. The van der Waals surface area contributed by atoms with E-state index in [4.69, 9.17) is 4.74 Å². The topological polar surface area (TPSA) is 26.3 Å². The van der Waals surface area contributed by atoms with E-state index in [1.807, 2.05) is 37.3 Å². The van der Waals surface area contributed by atoms with Crippen LogP contribution < -0.4 is 0 Å². The van der Waals surface area contributed by atoms with Crippen molar-refractivity contribution in [1.29, 1.82) is 0 Å². The second-order valence-corrected chi connectivity index (χ2v) is 3.78. The van der Waals surface area contributed by atoms with Crippen LogP contribution in [0.2, 0.25) is 0 Å². The molecule has 0 spiro atoms. The Labute approximate surface area is 92.4 Å². The summed E-state index contributed by atoms with van der Waals surface area (Å²) in [7, 11) is 0. The number of ether oxygens (including phenoxy) is 1. The van der Waals surface area contributed by atoms with Crippen LogP contribution in [0.1, 0.15) is 18.4 Å². The first-order chi connectivity index (χ1) is 6.75. The highest BCUT2D eigenvalue weighted by atomic mass is 79.9. The lowest BCUT2D eigenvalue weighted by atomic mass is 10.0. The fourth-order valence-corrected chi connectivity index (χ4v) is 1.30. The van der Waals surface area contributed by atoms with Gasteiger partial charge < -0.3 is 4.74 Å². The van der Waals surface area contributed by atoms with E-state index in [1.165, 1.54) is 0 Å². The van der Waals surface area contributed by atoms with Gasteiger partial charge in [-0.15, -0.1) is 0 Å². The standard InChI is InChI=1S/C11H13BrO2/c1-9(11(13)14-8-7-12)10-5-3-2-4-6-10/h2-6,9H,7-8H2,1H3. The summed E-state index contributed by atoms with van der Waals surface area (Å²) in [5.41, 5.74) is 0.993. The van der Waals surface area contributed by atoms with Gasteiger partial charge in [-0.2, -0.15) is 0 Å². The number of carbonyl (C=O) groups excluding carboxylic acids is 1. The Kier molecular flexibility index (Phi) is 4.66. The molecule has 0 aromatic heterocycles. The molecule has 0 saturated carbocycles. The van der Waals surface area contributed by atoms with Gasteiger partial charge in [-0.25, -0.2) is 0 Å². The number of halogens is 1. The highest BCUT2D eigenvalue weighted by Crippen LogP contribution is 2.15. The first-order valence-electron chi connectivity index (χ1n) is 4.53. The second-order valence-electron chi connectivity index (χ2n) is 2.99. The van der Waals surface area contributed by atoms with Gasteiger partial charge in [0.15, 0.2) is 0 Å². The molecule has 76 valence electrons. The molecule has 1 atom stereocenters. The summed E-state index contributed by atoms with van der Waals surface area (Å²) in [6.45, 7) is 2.28. The summed E-state index contributed by atoms with van der Waals surface area (Å²) in [5.74, 6) is -0.356. The van der Waals surface area contributed by atoms with Crippen LogP contribution in [0, 0.1) is 0 Å². The second kappa shape index (κ2) is 5.81. The molecule has 0 saturated heterocycles. The Bertz CT molecular complexity index is 285. The maximum absolute atomic E-state index is 11.5. The van der Waals surface area contributed by atoms with Crippen molar-refractivity contribution in [3.05, 3.63) is 35.9 Å². The predicted octanol–water partition coefficient (Wildman–Crippen LogP) is 2.73. The highest BCUT2D eigenvalue weighted by molar-refractivity contribution is 9.09. The third kappa shape index (κ3) is 3.14. The maximum atomic E-state index is 11.5. The fourth-order valence-electron chi connectivity index (χ4n) is 1.14. The molecule has 1 unspecified atom stereocenters. The number of carbonyl (C=O) groups is 1. The SMILES string of the molecule is CC(C(=O)OCCBr)c1ccccc1. The van der Waals surface area contributed by atoms with Gasteiger partial charge in [0, 0.05) is 5.33 Å². The third-order valence-electron chi connectivity index (χ3n) is 1.97. The number of rotatable bonds is 4. The van der Waals surface area contributed by atoms with Crippen LogP contribution in [0.5, 0.6) is 0 Å². The van der Waals surface area contributed by atoms with Gasteiger partial charge in [0.05, 0.1) is 5.92 Å². The van der Waals surface area contributed by atoms with E-state index in [9.17, 15) is 4.79 Å². The largest absolute Gasteiger partial charge is 0.464 e. The van der Waals surface area contributed by atoms with Crippen LogP contribution in [0.4, 0.5) is 0 Å². The molecule has 2 nitrogen and oxygen atoms in total. The normalized spacial score (nSPS) is 12.1. The molecule has 0 aliphatic rings. The summed E-state index contributed by atoms with van der Waals surface area (Å²) in [4.78, 5) is 11.5. The van der Waals surface area contributed by atoms with E-state index in [-0.39, 0.29) is 11.9 Å². The van der Waals surface area contributed by atoms with Crippen molar-refractivity contribution in [3.8, 4) is 0 Å². The van der Waals surface area contributed by atoms with Gasteiger partial charge in [0.2, 0.25) is 0 Å². The molecule has 0 aliphatic heterocycles. The van der Waals surface area contributed by atoms with E-state index < -0.39 is 0 Å². The lowest BCUT2D eigenvalue weighted by molar-refractivity contribution is -0.144. The molecule has 0 fully saturated rings. The van der Waals surface area contributed by atoms with Crippen LogP contribution in [-0.4, -0.2) is 17.9 Å². The molecule has 1 rings (SSSR count). The van der Waals surface area contributed by atoms with Crippen molar-refractivity contribution in [1.82, 2.24) is 0 Å². The van der Waals surface area contributed by atoms with Gasteiger partial charge in [0.25, 0.3) is 0 Å². The minimum atomic E-state index is -0.185. The van der Waals surface area contributed by atoms with Crippen LogP contribution in [0.25, 0.3) is 0 Å². The Balaban J connectivity index is 2.57. The van der Waals surface area contributed by atoms with Crippen molar-refractivity contribution in [2.45, 2.75) is 12.8 Å². The van der Waals surface area contributed by atoms with Gasteiger partial charge >= 0.3 is 5.97 Å². The predicted molar refractivity (Wildman–Crippen MR) is 59.6 cm³/mol. The fraction of sp³-hybridized carbons (Fsp3) is 0.364. The van der Waals surface area contributed by atoms with Gasteiger partial charge in [-0.3, -0.25) is 4.79 Å². The average Bonchev–Trinajstić information content (AvgIpc) is 2.26. The number of esters is 1. The Morgan fingerprint density at radius 3 is 2.64 bits per heavy atom. The molecule has 1 aromatic rings. The third-order valence-corrected chi connectivity index (χ3v) is 2.30. The van der Waals surface area contributed by atoms with Crippen LogP contribution in [0.15, 0.2) is 30.3 Å². The van der Waals surface area contributed by atoms with E-state index in [2.05, 4.69) is 15.9 Å². The summed E-state index contributed by atoms with van der Waals surface area (Å²) in [6, 6.07) is 9.63. The smallest absolute Gasteiger partial charge is 0.313 e. The van der Waals surface area contributed by atoms with Crippen molar-refractivity contribution in [2.75, 3.05) is 11.9 Å². The Hall–Kier alpha value is -0.830. The Morgan fingerprint density at radius 2 is 2.07 bits per heavy atom. The van der Waals surface area contributed by atoms with Crippen LogP contribution >= 0.6 is 15.9 Å². The molecule has 0 bridgehead atoms. The van der Waals surface area contributed by atoms with Gasteiger partial charge in [-0.05, 0) is 12.5 Å². The van der Waals surface area contributed by atoms with Crippen molar-refractivity contribution in [2.24, 2.45) is 0 Å². The van der Waals surface area contributed by atoms with E-state index in [0.717, 1.165) is 5.56 Å². The molecule has 14 heavy (non-hydrogen) atoms. The summed E-state index contributed by atoms with van der Waals surface area (Å²) >= 11 is 3.21. The zero-order chi connectivity index (χ0) is 10.4. The maximum Gasteiger partial charge on any atom is 0.313 e. The van der Waals surface area contributed by atoms with Gasteiger partial charge in [-0.1, -0.05) is 46.3 Å². The highest BCUT2D eigenvalue weighted by Gasteiger charge is 2.15. The van der Waals surface area contributed by atoms with E-state index in [0.29, 0.717) is 11.9 Å². The minimum Gasteiger partial charge on any atom is -0.464 e. The lowest BCUT2D eigenvalue weighted by Gasteiger charge is -2.10. The first-order valence-corrected chi connectivity index (χ1v) is 5.65. The minimum absolute atomic E-state index is 0.171. The monoisotopic (exact) mass is 256 g/mol. The molecule has 3 heteroatoms. The van der Waals surface area contributed by atoms with Crippen LogP contribution in [0.3, 0.4) is 0 Å². The summed E-state index contributed by atoms with van der Waals surface area (Å²) < 4.78 is 5.02. The van der Waals surface area contributed by atoms with E-state index in [1.54, 1.807) is 0 Å². The molecular weight excluding hydrogens is 244 g/mol. The van der Waals surface area contributed by atoms with Crippen molar-refractivity contribution < 1.29 is 9.53 Å². The van der Waals surface area contributed by atoms with Crippen molar-refractivity contribution >= 4 is 21.9 Å². The Morgan fingerprint density at radius 1 is 1.43 bits per heavy atom.